The minimum atomic E-state index is -4.56. The highest BCUT2D eigenvalue weighted by Gasteiger charge is 2.31. The van der Waals surface area contributed by atoms with E-state index in [0.717, 1.165) is 16.1 Å². The van der Waals surface area contributed by atoms with Crippen LogP contribution in [0.2, 0.25) is 0 Å². The summed E-state index contributed by atoms with van der Waals surface area (Å²) in [6.45, 7) is 0. The van der Waals surface area contributed by atoms with E-state index in [-0.39, 0.29) is 11.3 Å². The number of carbonyl (C=O) groups is 1. The molecule has 0 fully saturated rings. The fourth-order valence-corrected chi connectivity index (χ4v) is 4.07. The van der Waals surface area contributed by atoms with Crippen LogP contribution in [0, 0.1) is 0 Å². The third-order valence-corrected chi connectivity index (χ3v) is 5.55. The molecule has 9 heteroatoms. The molecule has 0 aliphatic carbocycles. The van der Waals surface area contributed by atoms with Crippen LogP contribution in [-0.2, 0) is 27.4 Å². The lowest BCUT2D eigenvalue weighted by Gasteiger charge is -2.10. The molecule has 2 N–H and O–H groups in total. The summed E-state index contributed by atoms with van der Waals surface area (Å²) in [7, 11) is -4.15. The molecule has 0 aliphatic rings. The topological polar surface area (TPSA) is 82.2 Å². The Hall–Kier alpha value is -2.81. The van der Waals surface area contributed by atoms with E-state index in [9.17, 15) is 26.4 Å². The summed E-state index contributed by atoms with van der Waals surface area (Å²) in [6.07, 6.45) is -3.45. The second kappa shape index (κ2) is 6.17. The number of nitrogens with two attached hydrogens (primary N) is 1. The van der Waals surface area contributed by atoms with Crippen LogP contribution in [0.1, 0.15) is 11.1 Å². The second-order valence-electron chi connectivity index (χ2n) is 5.64. The van der Waals surface area contributed by atoms with Gasteiger partial charge in [-0.1, -0.05) is 18.2 Å². The van der Waals surface area contributed by atoms with Gasteiger partial charge in [0.05, 0.1) is 22.4 Å². The van der Waals surface area contributed by atoms with Crippen molar-refractivity contribution in [3.05, 3.63) is 65.9 Å². The summed E-state index contributed by atoms with van der Waals surface area (Å²) < 4.78 is 64.7. The van der Waals surface area contributed by atoms with Gasteiger partial charge in [0.15, 0.2) is 0 Å². The van der Waals surface area contributed by atoms with Crippen LogP contribution in [0.4, 0.5) is 13.2 Å². The lowest BCUT2D eigenvalue weighted by molar-refractivity contribution is -0.137. The van der Waals surface area contributed by atoms with Gasteiger partial charge in [0.2, 0.25) is 5.91 Å². The number of fused-ring (bicyclic) bond motifs is 1. The van der Waals surface area contributed by atoms with Gasteiger partial charge in [-0.3, -0.25) is 4.79 Å². The zero-order chi connectivity index (χ0) is 19.1. The molecule has 0 saturated carbocycles. The second-order valence-corrected chi connectivity index (χ2v) is 7.45. The number of amides is 1. The maximum Gasteiger partial charge on any atom is 0.416 e. The van der Waals surface area contributed by atoms with E-state index < -0.39 is 27.7 Å². The van der Waals surface area contributed by atoms with Gasteiger partial charge in [0.1, 0.15) is 0 Å². The molecule has 0 saturated heterocycles. The fraction of sp³-hybridized carbons (Fsp3) is 0.118. The summed E-state index contributed by atoms with van der Waals surface area (Å²) >= 11 is 0. The largest absolute Gasteiger partial charge is 0.416 e. The van der Waals surface area contributed by atoms with Crippen LogP contribution < -0.4 is 5.73 Å². The number of rotatable bonds is 4. The predicted octanol–water partition coefficient (Wildman–Crippen LogP) is 2.92. The average molecular weight is 382 g/mol. The van der Waals surface area contributed by atoms with E-state index >= 15 is 0 Å². The zero-order valence-corrected chi connectivity index (χ0v) is 14.0. The smallest absolute Gasteiger partial charge is 0.369 e. The highest BCUT2D eigenvalue weighted by molar-refractivity contribution is 7.90. The molecular formula is C17H13F3N2O3S. The predicted molar refractivity (Wildman–Crippen MR) is 88.9 cm³/mol. The van der Waals surface area contributed by atoms with Crippen molar-refractivity contribution >= 4 is 26.8 Å². The van der Waals surface area contributed by atoms with Crippen LogP contribution in [0.15, 0.2) is 59.6 Å². The van der Waals surface area contributed by atoms with E-state index in [1.807, 2.05) is 0 Å². The number of hydrogen-bond donors (Lipinski definition) is 1. The minimum Gasteiger partial charge on any atom is -0.369 e. The number of primary amides is 1. The molecule has 1 amide bonds. The maximum absolute atomic E-state index is 12.9. The summed E-state index contributed by atoms with van der Waals surface area (Å²) in [5.74, 6) is -0.625. The van der Waals surface area contributed by atoms with Gasteiger partial charge in [0, 0.05) is 11.6 Å². The van der Waals surface area contributed by atoms with Gasteiger partial charge in [-0.05, 0) is 35.9 Å². The first-order chi connectivity index (χ1) is 12.1. The van der Waals surface area contributed by atoms with Gasteiger partial charge in [-0.2, -0.15) is 13.2 Å². The molecule has 1 aromatic heterocycles. The summed E-state index contributed by atoms with van der Waals surface area (Å²) in [5, 5.41) is 0.529. The summed E-state index contributed by atoms with van der Waals surface area (Å²) in [5.41, 5.74) is 4.99. The lowest BCUT2D eigenvalue weighted by atomic mass is 10.1. The Kier molecular flexibility index (Phi) is 4.27. The Labute approximate surface area is 146 Å². The molecule has 1 heterocycles. The molecule has 0 atom stereocenters. The van der Waals surface area contributed by atoms with Crippen molar-refractivity contribution in [2.75, 3.05) is 0 Å². The van der Waals surface area contributed by atoms with Crippen LogP contribution in [0.3, 0.4) is 0 Å². The molecular weight excluding hydrogens is 369 g/mol. The van der Waals surface area contributed by atoms with Crippen molar-refractivity contribution in [2.45, 2.75) is 17.5 Å². The lowest BCUT2D eigenvalue weighted by Crippen LogP contribution is -2.14. The first-order valence-electron chi connectivity index (χ1n) is 7.41. The Morgan fingerprint density at radius 3 is 2.23 bits per heavy atom. The van der Waals surface area contributed by atoms with Crippen LogP contribution in [0.25, 0.3) is 10.9 Å². The SMILES string of the molecule is NC(=O)Cc1cn(S(=O)(=O)c2ccc(C(F)(F)F)cc2)c2ccccc12. The van der Waals surface area contributed by atoms with Gasteiger partial charge in [-0.15, -0.1) is 0 Å². The van der Waals surface area contributed by atoms with Crippen LogP contribution in [-0.4, -0.2) is 18.3 Å². The first kappa shape index (κ1) is 18.0. The first-order valence-corrected chi connectivity index (χ1v) is 8.85. The quantitative estimate of drug-likeness (QED) is 0.753. The average Bonchev–Trinajstić information content (AvgIpc) is 2.93. The molecule has 0 unspecified atom stereocenters. The molecule has 5 nitrogen and oxygen atoms in total. The van der Waals surface area contributed by atoms with Gasteiger partial charge >= 0.3 is 6.18 Å². The van der Waals surface area contributed by atoms with Crippen molar-refractivity contribution in [2.24, 2.45) is 5.73 Å². The summed E-state index contributed by atoms with van der Waals surface area (Å²) in [6, 6.07) is 9.72. The zero-order valence-electron chi connectivity index (χ0n) is 13.2. The van der Waals surface area contributed by atoms with Gasteiger partial charge < -0.3 is 5.73 Å². The Balaban J connectivity index is 2.14. The van der Waals surface area contributed by atoms with E-state index in [1.165, 1.54) is 6.20 Å². The van der Waals surface area contributed by atoms with E-state index in [2.05, 4.69) is 0 Å². The number of para-hydroxylation sites is 1. The highest BCUT2D eigenvalue weighted by Crippen LogP contribution is 2.31. The number of benzene rings is 2. The van der Waals surface area contributed by atoms with E-state index in [4.69, 9.17) is 5.73 Å². The van der Waals surface area contributed by atoms with Gasteiger partial charge in [0.25, 0.3) is 10.0 Å². The minimum absolute atomic E-state index is 0.157. The molecule has 2 aromatic carbocycles. The highest BCUT2D eigenvalue weighted by atomic mass is 32.2. The number of carbonyl (C=O) groups excluding carboxylic acids is 1. The van der Waals surface area contributed by atoms with Crippen LogP contribution >= 0.6 is 0 Å². The van der Waals surface area contributed by atoms with Crippen molar-refractivity contribution in [1.82, 2.24) is 3.97 Å². The molecule has 0 spiro atoms. The maximum atomic E-state index is 12.9. The molecule has 3 rings (SSSR count). The van der Waals surface area contributed by atoms with Crippen molar-refractivity contribution in [1.29, 1.82) is 0 Å². The molecule has 3 aromatic rings. The molecule has 136 valence electrons. The number of aromatic nitrogens is 1. The van der Waals surface area contributed by atoms with E-state index in [1.54, 1.807) is 24.3 Å². The van der Waals surface area contributed by atoms with E-state index in [0.29, 0.717) is 28.6 Å². The number of nitrogens with zero attached hydrogens (tertiary/aromatic N) is 1. The van der Waals surface area contributed by atoms with Crippen molar-refractivity contribution in [3.8, 4) is 0 Å². The normalized spacial score (nSPS) is 12.4. The molecule has 0 bridgehead atoms. The molecule has 0 radical (unpaired) electrons. The Bertz CT molecular complexity index is 1080. The Morgan fingerprint density at radius 1 is 1.04 bits per heavy atom. The number of hydrogen-bond acceptors (Lipinski definition) is 3. The monoisotopic (exact) mass is 382 g/mol. The van der Waals surface area contributed by atoms with Crippen LogP contribution in [0.5, 0.6) is 0 Å². The third kappa shape index (κ3) is 3.17. The third-order valence-electron chi connectivity index (χ3n) is 3.86. The van der Waals surface area contributed by atoms with Crippen molar-refractivity contribution < 1.29 is 26.4 Å². The Morgan fingerprint density at radius 2 is 1.65 bits per heavy atom. The number of halogens is 3. The fourth-order valence-electron chi connectivity index (χ4n) is 2.67. The number of alkyl halides is 3. The van der Waals surface area contributed by atoms with Gasteiger partial charge in [-0.25, -0.2) is 12.4 Å². The molecule has 0 aliphatic heterocycles. The van der Waals surface area contributed by atoms with Crippen molar-refractivity contribution in [3.63, 3.8) is 0 Å². The molecule has 26 heavy (non-hydrogen) atoms. The standard InChI is InChI=1S/C17H13F3N2O3S/c18-17(19,20)12-5-7-13(8-6-12)26(24,25)22-10-11(9-16(21)23)14-3-1-2-4-15(14)22/h1-8,10H,9H2,(H2,21,23). The summed E-state index contributed by atoms with van der Waals surface area (Å²) in [4.78, 5) is 10.9.